The van der Waals surface area contributed by atoms with Crippen LogP contribution in [0.1, 0.15) is 5.56 Å². The Labute approximate surface area is 169 Å². The zero-order valence-electron chi connectivity index (χ0n) is 15.6. The molecule has 3 rings (SSSR count). The standard InChI is InChI=1S/C20H17F3N4O3/c21-20(22,23)15-2-1-3-16(12-15)30-11-10-25-18(28)13-27-19(29)5-4-17(26-27)14-6-8-24-9-7-14/h1-9,12H,10-11,13H2,(H,25,28). The monoisotopic (exact) mass is 418 g/mol. The summed E-state index contributed by atoms with van der Waals surface area (Å²) in [6.07, 6.45) is -1.29. The van der Waals surface area contributed by atoms with E-state index in [-0.39, 0.29) is 25.4 Å². The van der Waals surface area contributed by atoms with Crippen LogP contribution in [0.25, 0.3) is 11.3 Å². The fourth-order valence-corrected chi connectivity index (χ4v) is 2.55. The first-order chi connectivity index (χ1) is 14.3. The molecule has 7 nitrogen and oxygen atoms in total. The van der Waals surface area contributed by atoms with Crippen LogP contribution in [0, 0.1) is 0 Å². The van der Waals surface area contributed by atoms with Crippen LogP contribution in [0.2, 0.25) is 0 Å². The molecule has 0 aliphatic rings. The SMILES string of the molecule is O=C(Cn1nc(-c2ccncc2)ccc1=O)NCCOc1cccc(C(F)(F)F)c1. The zero-order valence-corrected chi connectivity index (χ0v) is 15.6. The summed E-state index contributed by atoms with van der Waals surface area (Å²) in [6.45, 7) is -0.290. The maximum atomic E-state index is 12.7. The average Bonchev–Trinajstić information content (AvgIpc) is 2.73. The van der Waals surface area contributed by atoms with Gasteiger partial charge in [0.1, 0.15) is 18.9 Å². The normalized spacial score (nSPS) is 11.2. The number of amides is 1. The molecule has 0 radical (unpaired) electrons. The van der Waals surface area contributed by atoms with E-state index in [1.54, 1.807) is 30.6 Å². The Morgan fingerprint density at radius 2 is 1.87 bits per heavy atom. The van der Waals surface area contributed by atoms with Crippen molar-refractivity contribution < 1.29 is 22.7 Å². The van der Waals surface area contributed by atoms with Gasteiger partial charge in [-0.05, 0) is 36.4 Å². The number of halogens is 3. The lowest BCUT2D eigenvalue weighted by molar-refractivity contribution is -0.137. The summed E-state index contributed by atoms with van der Waals surface area (Å²) in [4.78, 5) is 28.0. The van der Waals surface area contributed by atoms with Crippen LogP contribution >= 0.6 is 0 Å². The van der Waals surface area contributed by atoms with Gasteiger partial charge in [0.2, 0.25) is 5.91 Å². The van der Waals surface area contributed by atoms with Gasteiger partial charge in [0, 0.05) is 24.0 Å². The molecule has 0 fully saturated rings. The van der Waals surface area contributed by atoms with E-state index in [1.165, 1.54) is 18.2 Å². The van der Waals surface area contributed by atoms with Gasteiger partial charge in [0.15, 0.2) is 0 Å². The first kappa shape index (κ1) is 21.0. The highest BCUT2D eigenvalue weighted by molar-refractivity contribution is 5.75. The summed E-state index contributed by atoms with van der Waals surface area (Å²) in [5, 5.41) is 6.71. The van der Waals surface area contributed by atoms with Crippen LogP contribution in [-0.2, 0) is 17.5 Å². The number of nitrogens with one attached hydrogen (secondary N) is 1. The van der Waals surface area contributed by atoms with Crippen molar-refractivity contribution in [3.05, 3.63) is 76.8 Å². The molecule has 0 saturated carbocycles. The fraction of sp³-hybridized carbons (Fsp3) is 0.200. The highest BCUT2D eigenvalue weighted by Crippen LogP contribution is 2.31. The molecular weight excluding hydrogens is 401 g/mol. The quantitative estimate of drug-likeness (QED) is 0.596. The molecule has 2 aromatic heterocycles. The van der Waals surface area contributed by atoms with Crippen LogP contribution in [-0.4, -0.2) is 33.8 Å². The van der Waals surface area contributed by atoms with Crippen molar-refractivity contribution in [1.82, 2.24) is 20.1 Å². The van der Waals surface area contributed by atoms with Crippen LogP contribution in [0.15, 0.2) is 65.7 Å². The van der Waals surface area contributed by atoms with Crippen molar-refractivity contribution in [3.8, 4) is 17.0 Å². The number of hydrogen-bond donors (Lipinski definition) is 1. The van der Waals surface area contributed by atoms with Gasteiger partial charge in [-0.3, -0.25) is 14.6 Å². The number of carbonyl (C=O) groups excluding carboxylic acids is 1. The Hall–Kier alpha value is -3.69. The minimum Gasteiger partial charge on any atom is -0.492 e. The molecule has 1 aromatic carbocycles. The summed E-state index contributed by atoms with van der Waals surface area (Å²) in [5.74, 6) is -0.439. The van der Waals surface area contributed by atoms with E-state index in [0.29, 0.717) is 5.69 Å². The van der Waals surface area contributed by atoms with Gasteiger partial charge in [-0.2, -0.15) is 18.3 Å². The number of hydrogen-bond acceptors (Lipinski definition) is 5. The number of pyridine rings is 1. The third kappa shape index (κ3) is 5.66. The summed E-state index contributed by atoms with van der Waals surface area (Å²) in [6, 6.07) is 10.8. The maximum Gasteiger partial charge on any atom is 0.416 e. The summed E-state index contributed by atoms with van der Waals surface area (Å²) in [5.41, 5.74) is -0.00180. The number of aromatic nitrogens is 3. The van der Waals surface area contributed by atoms with E-state index >= 15 is 0 Å². The number of benzene rings is 1. The molecule has 0 atom stereocenters. The number of nitrogens with zero attached hydrogens (tertiary/aromatic N) is 3. The topological polar surface area (TPSA) is 86.1 Å². The first-order valence-corrected chi connectivity index (χ1v) is 8.88. The molecular formula is C20H17F3N4O3. The molecule has 156 valence electrons. The molecule has 3 aromatic rings. The number of rotatable bonds is 7. The van der Waals surface area contributed by atoms with Gasteiger partial charge in [-0.25, -0.2) is 4.68 Å². The number of alkyl halides is 3. The van der Waals surface area contributed by atoms with E-state index in [1.807, 2.05) is 0 Å². The third-order valence-electron chi connectivity index (χ3n) is 3.99. The van der Waals surface area contributed by atoms with E-state index in [4.69, 9.17) is 4.74 Å². The molecule has 2 heterocycles. The summed E-state index contributed by atoms with van der Waals surface area (Å²) < 4.78 is 44.3. The lowest BCUT2D eigenvalue weighted by Crippen LogP contribution is -2.35. The predicted molar refractivity (Wildman–Crippen MR) is 102 cm³/mol. The molecule has 0 unspecified atom stereocenters. The van der Waals surface area contributed by atoms with Gasteiger partial charge < -0.3 is 10.1 Å². The zero-order chi connectivity index (χ0) is 21.6. The maximum absolute atomic E-state index is 12.7. The van der Waals surface area contributed by atoms with Crippen molar-refractivity contribution in [3.63, 3.8) is 0 Å². The van der Waals surface area contributed by atoms with Crippen LogP contribution in [0.5, 0.6) is 5.75 Å². The molecule has 0 bridgehead atoms. The van der Waals surface area contributed by atoms with E-state index in [9.17, 15) is 22.8 Å². The highest BCUT2D eigenvalue weighted by atomic mass is 19.4. The first-order valence-electron chi connectivity index (χ1n) is 8.88. The second-order valence-corrected chi connectivity index (χ2v) is 6.17. The molecule has 0 spiro atoms. The summed E-state index contributed by atoms with van der Waals surface area (Å²) >= 11 is 0. The molecule has 0 saturated heterocycles. The summed E-state index contributed by atoms with van der Waals surface area (Å²) in [7, 11) is 0. The van der Waals surface area contributed by atoms with Crippen molar-refractivity contribution >= 4 is 5.91 Å². The number of ether oxygens (including phenoxy) is 1. The van der Waals surface area contributed by atoms with Crippen LogP contribution in [0.4, 0.5) is 13.2 Å². The Balaban J connectivity index is 1.53. The van der Waals surface area contributed by atoms with Gasteiger partial charge in [-0.1, -0.05) is 6.07 Å². The highest BCUT2D eigenvalue weighted by Gasteiger charge is 2.30. The minimum absolute atomic E-state index is 0.0353. The van der Waals surface area contributed by atoms with Crippen molar-refractivity contribution in [1.29, 1.82) is 0 Å². The third-order valence-corrected chi connectivity index (χ3v) is 3.99. The van der Waals surface area contributed by atoms with Crippen LogP contribution in [0.3, 0.4) is 0 Å². The van der Waals surface area contributed by atoms with Crippen molar-refractivity contribution in [2.75, 3.05) is 13.2 Å². The minimum atomic E-state index is -4.46. The predicted octanol–water partition coefficient (Wildman–Crippen LogP) is 2.52. The molecule has 30 heavy (non-hydrogen) atoms. The van der Waals surface area contributed by atoms with Gasteiger partial charge in [0.05, 0.1) is 17.8 Å². The van der Waals surface area contributed by atoms with E-state index in [2.05, 4.69) is 15.4 Å². The van der Waals surface area contributed by atoms with Gasteiger partial charge in [0.25, 0.3) is 5.56 Å². The van der Waals surface area contributed by atoms with E-state index in [0.717, 1.165) is 22.4 Å². The van der Waals surface area contributed by atoms with Crippen molar-refractivity contribution in [2.24, 2.45) is 0 Å². The molecule has 1 amide bonds. The number of carbonyl (C=O) groups is 1. The molecule has 0 aliphatic heterocycles. The Bertz CT molecular complexity index is 1070. The van der Waals surface area contributed by atoms with Gasteiger partial charge >= 0.3 is 6.18 Å². The lowest BCUT2D eigenvalue weighted by Gasteiger charge is -2.11. The fourth-order valence-electron chi connectivity index (χ4n) is 2.55. The van der Waals surface area contributed by atoms with E-state index < -0.39 is 23.2 Å². The average molecular weight is 418 g/mol. The Morgan fingerprint density at radius 3 is 2.60 bits per heavy atom. The smallest absolute Gasteiger partial charge is 0.416 e. The Morgan fingerprint density at radius 1 is 1.10 bits per heavy atom. The van der Waals surface area contributed by atoms with Crippen molar-refractivity contribution in [2.45, 2.75) is 12.7 Å². The largest absolute Gasteiger partial charge is 0.492 e. The lowest BCUT2D eigenvalue weighted by atomic mass is 10.2. The second kappa shape index (κ2) is 9.21. The second-order valence-electron chi connectivity index (χ2n) is 6.17. The Kier molecular flexibility index (Phi) is 6.45. The molecule has 1 N–H and O–H groups in total. The molecule has 10 heteroatoms. The van der Waals surface area contributed by atoms with Gasteiger partial charge in [-0.15, -0.1) is 0 Å². The van der Waals surface area contributed by atoms with Crippen LogP contribution < -0.4 is 15.6 Å². The molecule has 0 aliphatic carbocycles.